The number of hydrogen-bond acceptors (Lipinski definition) is 2. The predicted octanol–water partition coefficient (Wildman–Crippen LogP) is 2.74. The topological polar surface area (TPSA) is 29.5 Å². The Kier molecular flexibility index (Phi) is 1.63. The summed E-state index contributed by atoms with van der Waals surface area (Å²) >= 11 is 0. The van der Waals surface area contributed by atoms with E-state index in [9.17, 15) is 5.11 Å². The van der Waals surface area contributed by atoms with Crippen LogP contribution in [-0.2, 0) is 4.74 Å². The molecule has 20 heavy (non-hydrogen) atoms. The lowest BCUT2D eigenvalue weighted by atomic mass is 9.71. The van der Waals surface area contributed by atoms with Crippen molar-refractivity contribution in [2.75, 3.05) is 0 Å². The van der Waals surface area contributed by atoms with Crippen LogP contribution in [0.1, 0.15) is 25.7 Å². The van der Waals surface area contributed by atoms with E-state index in [1.165, 1.54) is 12.8 Å². The molecule has 0 aromatic rings. The van der Waals surface area contributed by atoms with Crippen molar-refractivity contribution in [3.05, 3.63) is 24.8 Å². The molecule has 6 aliphatic rings. The maximum absolute atomic E-state index is 11.4. The van der Waals surface area contributed by atoms with Crippen LogP contribution in [0.4, 0.5) is 0 Å². The van der Waals surface area contributed by atoms with Gasteiger partial charge in [0.25, 0.3) is 0 Å². The van der Waals surface area contributed by atoms with Crippen LogP contribution in [0, 0.1) is 47.3 Å². The van der Waals surface area contributed by atoms with Crippen molar-refractivity contribution in [3.8, 4) is 0 Å². The van der Waals surface area contributed by atoms with E-state index in [-0.39, 0.29) is 5.60 Å². The van der Waals surface area contributed by atoms with Crippen LogP contribution in [0.5, 0.6) is 0 Å². The number of rotatable bonds is 2. The Balaban J connectivity index is 1.62. The number of hydrogen-bond donors (Lipinski definition) is 1. The van der Waals surface area contributed by atoms with Gasteiger partial charge in [0.15, 0.2) is 5.79 Å². The van der Waals surface area contributed by atoms with Crippen LogP contribution in [0.3, 0.4) is 0 Å². The SMILES string of the molecule is C=CCC1C2C3CC4C2C2CC=CCC25OC1(O)C3C45. The number of aliphatic hydroxyl groups is 1. The van der Waals surface area contributed by atoms with Crippen LogP contribution < -0.4 is 0 Å². The van der Waals surface area contributed by atoms with Crippen molar-refractivity contribution < 1.29 is 9.84 Å². The lowest BCUT2D eigenvalue weighted by molar-refractivity contribution is -0.259. The lowest BCUT2D eigenvalue weighted by Crippen LogP contribution is -2.43. The minimum Gasteiger partial charge on any atom is -0.365 e. The molecule has 0 radical (unpaired) electrons. The second kappa shape index (κ2) is 2.96. The van der Waals surface area contributed by atoms with E-state index < -0.39 is 5.79 Å². The van der Waals surface area contributed by atoms with E-state index in [0.29, 0.717) is 29.6 Å². The predicted molar refractivity (Wildman–Crippen MR) is 74.5 cm³/mol. The average Bonchev–Trinajstić information content (AvgIpc) is 3.10. The standard InChI is InChI=1S/C18H22O2/c1-2-5-12-14-10-8-9-13(14)11-6-3-4-7-17(11)15(9)16(10)18(12,19)20-17/h2-4,9-16,19H,1,5-8H2. The molecular formula is C18H22O2. The molecular weight excluding hydrogens is 248 g/mol. The van der Waals surface area contributed by atoms with Crippen molar-refractivity contribution in [3.63, 3.8) is 0 Å². The van der Waals surface area contributed by atoms with E-state index in [1.807, 2.05) is 6.08 Å². The van der Waals surface area contributed by atoms with Gasteiger partial charge in [-0.3, -0.25) is 0 Å². The first kappa shape index (κ1) is 11.0. The van der Waals surface area contributed by atoms with Gasteiger partial charge >= 0.3 is 0 Å². The minimum atomic E-state index is -0.822. The Labute approximate surface area is 119 Å². The Morgan fingerprint density at radius 1 is 1.25 bits per heavy atom. The van der Waals surface area contributed by atoms with Crippen molar-refractivity contribution in [2.45, 2.75) is 37.1 Å². The van der Waals surface area contributed by atoms with E-state index in [0.717, 1.165) is 30.6 Å². The molecule has 0 amide bonds. The highest BCUT2D eigenvalue weighted by atomic mass is 16.7. The van der Waals surface area contributed by atoms with Gasteiger partial charge in [0.1, 0.15) is 0 Å². The summed E-state index contributed by atoms with van der Waals surface area (Å²) < 4.78 is 6.63. The second-order valence-corrected chi connectivity index (χ2v) is 8.23. The summed E-state index contributed by atoms with van der Waals surface area (Å²) in [7, 11) is 0. The Morgan fingerprint density at radius 2 is 2.10 bits per heavy atom. The largest absolute Gasteiger partial charge is 0.365 e. The molecule has 2 nitrogen and oxygen atoms in total. The lowest BCUT2D eigenvalue weighted by Gasteiger charge is -2.38. The van der Waals surface area contributed by atoms with Gasteiger partial charge in [-0.15, -0.1) is 6.58 Å². The zero-order valence-electron chi connectivity index (χ0n) is 11.7. The van der Waals surface area contributed by atoms with Crippen molar-refractivity contribution in [1.82, 2.24) is 0 Å². The first-order chi connectivity index (χ1) is 9.72. The first-order valence-corrected chi connectivity index (χ1v) is 8.41. The average molecular weight is 270 g/mol. The maximum Gasteiger partial charge on any atom is 0.173 e. The zero-order valence-corrected chi connectivity index (χ0v) is 11.7. The monoisotopic (exact) mass is 270 g/mol. The molecule has 5 aliphatic carbocycles. The van der Waals surface area contributed by atoms with Gasteiger partial charge in [-0.05, 0) is 61.2 Å². The molecule has 0 aromatic heterocycles. The molecule has 1 aliphatic heterocycles. The van der Waals surface area contributed by atoms with Crippen LogP contribution in [0.15, 0.2) is 24.8 Å². The molecule has 1 saturated heterocycles. The molecule has 6 rings (SSSR count). The summed E-state index contributed by atoms with van der Waals surface area (Å²) in [5, 5.41) is 11.4. The molecule has 2 heteroatoms. The number of fused-ring (bicyclic) bond motifs is 2. The molecule has 1 spiro atoms. The Morgan fingerprint density at radius 3 is 2.95 bits per heavy atom. The van der Waals surface area contributed by atoms with Crippen LogP contribution in [0.25, 0.3) is 0 Å². The molecule has 1 heterocycles. The fourth-order valence-corrected chi connectivity index (χ4v) is 8.26. The van der Waals surface area contributed by atoms with Crippen LogP contribution >= 0.6 is 0 Å². The molecule has 0 aromatic carbocycles. The second-order valence-electron chi connectivity index (χ2n) is 8.23. The number of ether oxygens (including phenoxy) is 1. The molecule has 10 unspecified atom stereocenters. The highest BCUT2D eigenvalue weighted by Gasteiger charge is 2.87. The van der Waals surface area contributed by atoms with Gasteiger partial charge in [-0.1, -0.05) is 18.2 Å². The third-order valence-electron chi connectivity index (χ3n) is 8.18. The summed E-state index contributed by atoms with van der Waals surface area (Å²) in [5.41, 5.74) is 0.00290. The molecule has 106 valence electrons. The smallest absolute Gasteiger partial charge is 0.173 e. The highest BCUT2D eigenvalue weighted by Crippen LogP contribution is 2.84. The third kappa shape index (κ3) is 0.802. The van der Waals surface area contributed by atoms with Crippen LogP contribution in [-0.4, -0.2) is 16.5 Å². The Hall–Kier alpha value is -0.600. The van der Waals surface area contributed by atoms with E-state index in [4.69, 9.17) is 4.74 Å². The quantitative estimate of drug-likeness (QED) is 0.782. The van der Waals surface area contributed by atoms with Gasteiger partial charge in [0, 0.05) is 11.8 Å². The van der Waals surface area contributed by atoms with Gasteiger partial charge in [0.2, 0.25) is 0 Å². The van der Waals surface area contributed by atoms with Gasteiger partial charge < -0.3 is 9.84 Å². The van der Waals surface area contributed by atoms with Crippen molar-refractivity contribution >= 4 is 0 Å². The van der Waals surface area contributed by atoms with Gasteiger partial charge in [-0.2, -0.15) is 0 Å². The molecule has 2 bridgehead atoms. The fourth-order valence-electron chi connectivity index (χ4n) is 8.26. The van der Waals surface area contributed by atoms with Gasteiger partial charge in [0.05, 0.1) is 5.60 Å². The molecule has 1 N–H and O–H groups in total. The summed E-state index contributed by atoms with van der Waals surface area (Å²) in [6.07, 6.45) is 11.2. The molecule has 4 saturated carbocycles. The molecule has 5 fully saturated rings. The maximum atomic E-state index is 11.4. The van der Waals surface area contributed by atoms with E-state index in [1.54, 1.807) is 0 Å². The fraction of sp³-hybridized carbons (Fsp3) is 0.778. The van der Waals surface area contributed by atoms with E-state index in [2.05, 4.69) is 18.7 Å². The molecule has 10 atom stereocenters. The normalized spacial score (nSPS) is 70.0. The zero-order chi connectivity index (χ0) is 13.3. The van der Waals surface area contributed by atoms with Gasteiger partial charge in [-0.25, -0.2) is 0 Å². The number of allylic oxidation sites excluding steroid dienone is 2. The van der Waals surface area contributed by atoms with Crippen molar-refractivity contribution in [2.24, 2.45) is 47.3 Å². The first-order valence-electron chi connectivity index (χ1n) is 8.41. The highest BCUT2D eigenvalue weighted by molar-refractivity contribution is 5.34. The van der Waals surface area contributed by atoms with Crippen LogP contribution in [0.2, 0.25) is 0 Å². The third-order valence-corrected chi connectivity index (χ3v) is 8.18. The summed E-state index contributed by atoms with van der Waals surface area (Å²) in [4.78, 5) is 0. The summed E-state index contributed by atoms with van der Waals surface area (Å²) in [5.74, 6) is 4.42. The minimum absolute atomic E-state index is 0.00290. The van der Waals surface area contributed by atoms with E-state index >= 15 is 0 Å². The summed E-state index contributed by atoms with van der Waals surface area (Å²) in [6.45, 7) is 3.94. The Bertz CT molecular complexity index is 554. The van der Waals surface area contributed by atoms with Crippen molar-refractivity contribution in [1.29, 1.82) is 0 Å². The summed E-state index contributed by atoms with van der Waals surface area (Å²) in [6, 6.07) is 0.